The Bertz CT molecular complexity index is 468. The first-order valence-corrected chi connectivity index (χ1v) is 4.86. The summed E-state index contributed by atoms with van der Waals surface area (Å²) in [6, 6.07) is -1.65. The molecule has 0 saturated heterocycles. The zero-order valence-electron chi connectivity index (χ0n) is 9.18. The van der Waals surface area contributed by atoms with Gasteiger partial charge in [-0.3, -0.25) is 0 Å². The van der Waals surface area contributed by atoms with Crippen LogP contribution >= 0.6 is 0 Å². The van der Waals surface area contributed by atoms with E-state index >= 15 is 0 Å². The molecule has 0 spiro atoms. The first-order valence-electron chi connectivity index (χ1n) is 4.86. The van der Waals surface area contributed by atoms with Gasteiger partial charge in [0.2, 0.25) is 0 Å². The van der Waals surface area contributed by atoms with Crippen molar-refractivity contribution in [3.05, 3.63) is 28.8 Å². The molecule has 3 nitrogen and oxygen atoms in total. The number of aliphatic hydroxyl groups excluding tert-OH is 1. The minimum absolute atomic E-state index is 0.139. The highest BCUT2D eigenvalue weighted by molar-refractivity contribution is 5.47. The minimum Gasteiger partial charge on any atom is -0.508 e. The van der Waals surface area contributed by atoms with Crippen molar-refractivity contribution >= 4 is 0 Å². The van der Waals surface area contributed by atoms with Crippen LogP contribution in [0, 0.1) is 0 Å². The number of phenolic OH excluding ortho intramolecular Hbond substituents is 1. The van der Waals surface area contributed by atoms with Gasteiger partial charge >= 0.3 is 12.4 Å². The second kappa shape index (κ2) is 4.89. The van der Waals surface area contributed by atoms with Crippen molar-refractivity contribution in [1.29, 1.82) is 0 Å². The molecule has 0 heterocycles. The van der Waals surface area contributed by atoms with Crippen LogP contribution in [0.2, 0.25) is 0 Å². The molecule has 4 N–H and O–H groups in total. The SMILES string of the molecule is N[C@H](CO)c1c(O)cc(C(F)(F)F)cc1C(F)(F)F. The van der Waals surface area contributed by atoms with E-state index < -0.39 is 47.4 Å². The first-order chi connectivity index (χ1) is 8.48. The quantitative estimate of drug-likeness (QED) is 0.732. The van der Waals surface area contributed by atoms with E-state index in [0.717, 1.165) is 0 Å². The monoisotopic (exact) mass is 289 g/mol. The van der Waals surface area contributed by atoms with Crippen molar-refractivity contribution in [2.24, 2.45) is 5.73 Å². The molecule has 1 atom stereocenters. The van der Waals surface area contributed by atoms with Crippen LogP contribution in [0.3, 0.4) is 0 Å². The highest BCUT2D eigenvalue weighted by Gasteiger charge is 2.40. The van der Waals surface area contributed by atoms with Gasteiger partial charge in [-0.1, -0.05) is 0 Å². The topological polar surface area (TPSA) is 66.5 Å². The predicted molar refractivity (Wildman–Crippen MR) is 52.1 cm³/mol. The molecule has 0 radical (unpaired) electrons. The summed E-state index contributed by atoms with van der Waals surface area (Å²) in [5.41, 5.74) is 0.823. The highest BCUT2D eigenvalue weighted by atomic mass is 19.4. The van der Waals surface area contributed by atoms with Crippen LogP contribution < -0.4 is 5.73 Å². The Morgan fingerprint density at radius 1 is 1.05 bits per heavy atom. The highest BCUT2D eigenvalue weighted by Crippen LogP contribution is 2.42. The number of phenols is 1. The van der Waals surface area contributed by atoms with E-state index in [4.69, 9.17) is 10.8 Å². The smallest absolute Gasteiger partial charge is 0.416 e. The largest absolute Gasteiger partial charge is 0.508 e. The van der Waals surface area contributed by atoms with Crippen molar-refractivity contribution in [1.82, 2.24) is 0 Å². The number of aromatic hydroxyl groups is 1. The van der Waals surface area contributed by atoms with Gasteiger partial charge in [-0.15, -0.1) is 0 Å². The lowest BCUT2D eigenvalue weighted by Crippen LogP contribution is -2.21. The molecule has 0 aromatic heterocycles. The normalized spacial score (nSPS) is 14.5. The number of halogens is 6. The van der Waals surface area contributed by atoms with Gasteiger partial charge < -0.3 is 15.9 Å². The number of rotatable bonds is 2. The van der Waals surface area contributed by atoms with Gasteiger partial charge in [0.1, 0.15) is 5.75 Å². The molecular formula is C10H9F6NO2. The molecule has 1 rings (SSSR count). The summed E-state index contributed by atoms with van der Waals surface area (Å²) in [6.45, 7) is -0.956. The molecule has 0 aliphatic rings. The predicted octanol–water partition coefficient (Wildman–Crippen LogP) is 2.42. The lowest BCUT2D eigenvalue weighted by molar-refractivity contribution is -0.143. The zero-order valence-corrected chi connectivity index (χ0v) is 9.18. The molecule has 9 heteroatoms. The van der Waals surface area contributed by atoms with Crippen molar-refractivity contribution in [3.63, 3.8) is 0 Å². The van der Waals surface area contributed by atoms with Crippen LogP contribution in [-0.4, -0.2) is 16.8 Å². The summed E-state index contributed by atoms with van der Waals surface area (Å²) < 4.78 is 75.2. The van der Waals surface area contributed by atoms with Gasteiger partial charge in [-0.2, -0.15) is 26.3 Å². The fourth-order valence-corrected chi connectivity index (χ4v) is 1.52. The third-order valence-electron chi connectivity index (χ3n) is 2.36. The number of benzene rings is 1. The van der Waals surface area contributed by atoms with Crippen LogP contribution in [0.15, 0.2) is 12.1 Å². The molecule has 0 aliphatic heterocycles. The first kappa shape index (κ1) is 15.6. The summed E-state index contributed by atoms with van der Waals surface area (Å²) in [7, 11) is 0. The number of alkyl halides is 6. The molecule has 1 aromatic rings. The average molecular weight is 289 g/mol. The van der Waals surface area contributed by atoms with Crippen LogP contribution in [0.25, 0.3) is 0 Å². The van der Waals surface area contributed by atoms with Crippen molar-refractivity contribution in [3.8, 4) is 5.75 Å². The fourth-order valence-electron chi connectivity index (χ4n) is 1.52. The maximum Gasteiger partial charge on any atom is 0.416 e. The third kappa shape index (κ3) is 3.29. The second-order valence-electron chi connectivity index (χ2n) is 3.74. The Labute approximate surface area is 103 Å². The number of nitrogens with two attached hydrogens (primary N) is 1. The van der Waals surface area contributed by atoms with E-state index in [2.05, 4.69) is 0 Å². The lowest BCUT2D eigenvalue weighted by atomic mass is 9.96. The van der Waals surface area contributed by atoms with E-state index in [1.807, 2.05) is 0 Å². The standard InChI is InChI=1S/C10H9F6NO2/c11-9(12,13)4-1-5(10(14,15)16)8(6(17)3-18)7(19)2-4/h1-2,6,18-19H,3,17H2/t6-/m1/s1. The van der Waals surface area contributed by atoms with Gasteiger partial charge in [0, 0.05) is 5.56 Å². The maximum absolute atomic E-state index is 12.7. The van der Waals surface area contributed by atoms with Gasteiger partial charge in [0.25, 0.3) is 0 Å². The maximum atomic E-state index is 12.7. The molecule has 19 heavy (non-hydrogen) atoms. The molecule has 0 bridgehead atoms. The second-order valence-corrected chi connectivity index (χ2v) is 3.74. The average Bonchev–Trinajstić information content (AvgIpc) is 2.24. The molecule has 0 amide bonds. The molecular weight excluding hydrogens is 280 g/mol. The fraction of sp³-hybridized carbons (Fsp3) is 0.400. The summed E-state index contributed by atoms with van der Waals surface area (Å²) in [4.78, 5) is 0. The molecule has 108 valence electrons. The van der Waals surface area contributed by atoms with Gasteiger partial charge in [0.05, 0.1) is 23.8 Å². The summed E-state index contributed by atoms with van der Waals surface area (Å²) in [6.07, 6.45) is -10.2. The Hall–Kier alpha value is -1.48. The van der Waals surface area contributed by atoms with E-state index in [9.17, 15) is 31.4 Å². The van der Waals surface area contributed by atoms with Crippen molar-refractivity contribution < 1.29 is 36.6 Å². The Morgan fingerprint density at radius 3 is 1.95 bits per heavy atom. The number of aliphatic hydroxyl groups is 1. The van der Waals surface area contributed by atoms with Crippen LogP contribution in [0.4, 0.5) is 26.3 Å². The van der Waals surface area contributed by atoms with Gasteiger partial charge in [-0.05, 0) is 12.1 Å². The van der Waals surface area contributed by atoms with Gasteiger partial charge in [-0.25, -0.2) is 0 Å². The Kier molecular flexibility index (Phi) is 4.01. The van der Waals surface area contributed by atoms with Gasteiger partial charge in [0.15, 0.2) is 0 Å². The lowest BCUT2D eigenvalue weighted by Gasteiger charge is -2.20. The molecule has 0 aliphatic carbocycles. The molecule has 1 aromatic carbocycles. The van der Waals surface area contributed by atoms with E-state index in [-0.39, 0.29) is 12.1 Å². The number of hydrogen-bond donors (Lipinski definition) is 3. The van der Waals surface area contributed by atoms with Crippen molar-refractivity contribution in [2.45, 2.75) is 18.4 Å². The summed E-state index contributed by atoms with van der Waals surface area (Å²) in [5.74, 6) is -1.26. The van der Waals surface area contributed by atoms with E-state index in [1.54, 1.807) is 0 Å². The van der Waals surface area contributed by atoms with E-state index in [0.29, 0.717) is 0 Å². The van der Waals surface area contributed by atoms with Crippen molar-refractivity contribution in [2.75, 3.05) is 6.61 Å². The molecule has 0 fully saturated rings. The summed E-state index contributed by atoms with van der Waals surface area (Å²) in [5, 5.41) is 18.0. The zero-order chi connectivity index (χ0) is 15.0. The Morgan fingerprint density at radius 2 is 1.58 bits per heavy atom. The van der Waals surface area contributed by atoms with Crippen LogP contribution in [0.1, 0.15) is 22.7 Å². The van der Waals surface area contributed by atoms with E-state index in [1.165, 1.54) is 0 Å². The number of hydrogen-bond acceptors (Lipinski definition) is 3. The molecule has 0 saturated carbocycles. The minimum atomic E-state index is -5.14. The third-order valence-corrected chi connectivity index (χ3v) is 2.36. The van der Waals surface area contributed by atoms with Crippen LogP contribution in [-0.2, 0) is 12.4 Å². The molecule has 0 unspecified atom stereocenters. The summed E-state index contributed by atoms with van der Waals surface area (Å²) >= 11 is 0. The Balaban J connectivity index is 3.58. The van der Waals surface area contributed by atoms with Crippen LogP contribution in [0.5, 0.6) is 5.75 Å².